The summed E-state index contributed by atoms with van der Waals surface area (Å²) in [6, 6.07) is 10.2. The molecule has 2 N–H and O–H groups in total. The molecule has 0 unspecified atom stereocenters. The number of anilines is 1. The number of aromatic nitrogens is 2. The van der Waals surface area contributed by atoms with E-state index in [1.807, 2.05) is 13.8 Å². The predicted molar refractivity (Wildman–Crippen MR) is 101 cm³/mol. The lowest BCUT2D eigenvalue weighted by atomic mass is 10.1. The maximum Gasteiger partial charge on any atom is 0.266 e. The standard InChI is InChI=1S/C19H15N3O3S/c1-10-15-11(2)20-17(14-8-5-9-25-14)22-19(15)26-16(10)18(24)21-12-6-3-4-7-13(12)23/h3-9,23H,1-2H3,(H,21,24). The van der Waals surface area contributed by atoms with Crippen LogP contribution in [0.4, 0.5) is 5.69 Å². The number of phenols is 1. The fraction of sp³-hybridized carbons (Fsp3) is 0.105. The number of aromatic hydroxyl groups is 1. The van der Waals surface area contributed by atoms with Gasteiger partial charge in [0.25, 0.3) is 5.91 Å². The second-order valence-corrected chi connectivity index (χ2v) is 6.82. The number of para-hydroxylation sites is 2. The minimum Gasteiger partial charge on any atom is -0.506 e. The van der Waals surface area contributed by atoms with E-state index in [4.69, 9.17) is 4.42 Å². The normalized spacial score (nSPS) is 11.0. The SMILES string of the molecule is Cc1nc(-c2ccco2)nc2sc(C(=O)Nc3ccccc3O)c(C)c12. The number of furan rings is 1. The number of rotatable bonds is 3. The Balaban J connectivity index is 1.76. The number of fused-ring (bicyclic) bond motifs is 1. The highest BCUT2D eigenvalue weighted by Crippen LogP contribution is 2.34. The fourth-order valence-corrected chi connectivity index (χ4v) is 3.96. The number of hydrogen-bond donors (Lipinski definition) is 2. The first kappa shape index (κ1) is 16.3. The van der Waals surface area contributed by atoms with Gasteiger partial charge in [0.15, 0.2) is 11.6 Å². The number of hydrogen-bond acceptors (Lipinski definition) is 6. The summed E-state index contributed by atoms with van der Waals surface area (Å²) < 4.78 is 5.37. The average molecular weight is 365 g/mol. The highest BCUT2D eigenvalue weighted by Gasteiger charge is 2.20. The zero-order valence-electron chi connectivity index (χ0n) is 14.1. The van der Waals surface area contributed by atoms with E-state index in [2.05, 4.69) is 15.3 Å². The van der Waals surface area contributed by atoms with Crippen molar-refractivity contribution in [1.82, 2.24) is 9.97 Å². The Labute approximate surface area is 153 Å². The van der Waals surface area contributed by atoms with Crippen molar-refractivity contribution < 1.29 is 14.3 Å². The zero-order chi connectivity index (χ0) is 18.3. The average Bonchev–Trinajstić information content (AvgIpc) is 3.25. The molecular weight excluding hydrogens is 350 g/mol. The molecule has 6 nitrogen and oxygen atoms in total. The monoisotopic (exact) mass is 365 g/mol. The topological polar surface area (TPSA) is 88.2 Å². The summed E-state index contributed by atoms with van der Waals surface area (Å²) in [5.74, 6) is 0.816. The minimum absolute atomic E-state index is 0.0238. The van der Waals surface area contributed by atoms with Gasteiger partial charge in [-0.25, -0.2) is 9.97 Å². The van der Waals surface area contributed by atoms with Gasteiger partial charge >= 0.3 is 0 Å². The third kappa shape index (κ3) is 2.72. The second-order valence-electron chi connectivity index (χ2n) is 5.82. The van der Waals surface area contributed by atoms with Gasteiger partial charge in [-0.15, -0.1) is 11.3 Å². The zero-order valence-corrected chi connectivity index (χ0v) is 14.9. The molecule has 0 saturated heterocycles. The molecule has 0 aliphatic carbocycles. The van der Waals surface area contributed by atoms with Gasteiger partial charge in [-0.3, -0.25) is 4.79 Å². The Morgan fingerprint density at radius 2 is 1.96 bits per heavy atom. The van der Waals surface area contributed by atoms with Crippen LogP contribution < -0.4 is 5.32 Å². The van der Waals surface area contributed by atoms with E-state index >= 15 is 0 Å². The molecule has 0 aliphatic heterocycles. The van der Waals surface area contributed by atoms with E-state index in [0.717, 1.165) is 21.5 Å². The molecule has 1 amide bonds. The molecule has 0 bridgehead atoms. The number of nitrogens with one attached hydrogen (secondary N) is 1. The molecule has 3 aromatic heterocycles. The highest BCUT2D eigenvalue weighted by molar-refractivity contribution is 7.20. The summed E-state index contributed by atoms with van der Waals surface area (Å²) in [5.41, 5.74) is 1.98. The van der Waals surface area contributed by atoms with E-state index in [-0.39, 0.29) is 11.7 Å². The summed E-state index contributed by atoms with van der Waals surface area (Å²) in [5, 5.41) is 13.5. The first-order valence-electron chi connectivity index (χ1n) is 7.95. The van der Waals surface area contributed by atoms with E-state index in [1.165, 1.54) is 17.4 Å². The quantitative estimate of drug-likeness (QED) is 0.521. The van der Waals surface area contributed by atoms with Gasteiger partial charge in [-0.2, -0.15) is 0 Å². The molecule has 26 heavy (non-hydrogen) atoms. The largest absolute Gasteiger partial charge is 0.506 e. The minimum atomic E-state index is -0.286. The molecule has 0 spiro atoms. The maximum atomic E-state index is 12.7. The number of aryl methyl sites for hydroxylation is 2. The molecule has 0 atom stereocenters. The van der Waals surface area contributed by atoms with Crippen LogP contribution in [0.15, 0.2) is 47.1 Å². The van der Waals surface area contributed by atoms with Crippen LogP contribution in [0.25, 0.3) is 21.8 Å². The molecule has 7 heteroatoms. The van der Waals surface area contributed by atoms with Crippen molar-refractivity contribution in [2.24, 2.45) is 0 Å². The third-order valence-electron chi connectivity index (χ3n) is 4.07. The van der Waals surface area contributed by atoms with Crippen molar-refractivity contribution in [1.29, 1.82) is 0 Å². The molecule has 0 radical (unpaired) electrons. The number of benzene rings is 1. The van der Waals surface area contributed by atoms with Gasteiger partial charge in [-0.1, -0.05) is 12.1 Å². The fourth-order valence-electron chi connectivity index (χ4n) is 2.83. The summed E-state index contributed by atoms with van der Waals surface area (Å²) in [6.45, 7) is 3.77. The molecule has 130 valence electrons. The van der Waals surface area contributed by atoms with Gasteiger partial charge in [0.1, 0.15) is 10.6 Å². The Kier molecular flexibility index (Phi) is 3.93. The Hall–Kier alpha value is -3.19. The lowest BCUT2D eigenvalue weighted by molar-refractivity contribution is 0.102. The van der Waals surface area contributed by atoms with Gasteiger partial charge in [0.2, 0.25) is 0 Å². The van der Waals surface area contributed by atoms with Crippen LogP contribution in [0.3, 0.4) is 0 Å². The van der Waals surface area contributed by atoms with Crippen LogP contribution >= 0.6 is 11.3 Å². The smallest absolute Gasteiger partial charge is 0.266 e. The van der Waals surface area contributed by atoms with Crippen molar-refractivity contribution in [2.75, 3.05) is 5.32 Å². The van der Waals surface area contributed by atoms with Crippen LogP contribution in [0.1, 0.15) is 20.9 Å². The van der Waals surface area contributed by atoms with E-state index < -0.39 is 0 Å². The number of phenolic OH excluding ortho intramolecular Hbond substituents is 1. The molecule has 0 fully saturated rings. The van der Waals surface area contributed by atoms with Crippen LogP contribution in [-0.2, 0) is 0 Å². The van der Waals surface area contributed by atoms with Crippen molar-refractivity contribution in [3.63, 3.8) is 0 Å². The predicted octanol–water partition coefficient (Wildman–Crippen LogP) is 4.53. The Morgan fingerprint density at radius 3 is 2.69 bits per heavy atom. The summed E-state index contributed by atoms with van der Waals surface area (Å²) in [6.07, 6.45) is 1.57. The maximum absolute atomic E-state index is 12.7. The molecule has 0 saturated carbocycles. The van der Waals surface area contributed by atoms with Crippen LogP contribution in [0.5, 0.6) is 5.75 Å². The first-order chi connectivity index (χ1) is 12.5. The second kappa shape index (κ2) is 6.27. The number of carbonyl (C=O) groups is 1. The molecular formula is C19H15N3O3S. The summed E-state index contributed by atoms with van der Waals surface area (Å²) >= 11 is 1.30. The number of carbonyl (C=O) groups excluding carboxylic acids is 1. The van der Waals surface area contributed by atoms with E-state index in [9.17, 15) is 9.90 Å². The van der Waals surface area contributed by atoms with Crippen molar-refractivity contribution >= 4 is 33.1 Å². The van der Waals surface area contributed by atoms with E-state index in [0.29, 0.717) is 22.1 Å². The van der Waals surface area contributed by atoms with Crippen molar-refractivity contribution in [3.8, 4) is 17.3 Å². The van der Waals surface area contributed by atoms with Gasteiger partial charge < -0.3 is 14.8 Å². The number of nitrogens with zero attached hydrogens (tertiary/aromatic N) is 2. The van der Waals surface area contributed by atoms with E-state index in [1.54, 1.807) is 36.6 Å². The Morgan fingerprint density at radius 1 is 1.15 bits per heavy atom. The first-order valence-corrected chi connectivity index (χ1v) is 8.77. The van der Waals surface area contributed by atoms with Crippen molar-refractivity contribution in [3.05, 3.63) is 58.8 Å². The van der Waals surface area contributed by atoms with Gasteiger partial charge in [-0.05, 0) is 43.7 Å². The van der Waals surface area contributed by atoms with Crippen LogP contribution in [0, 0.1) is 13.8 Å². The molecule has 4 rings (SSSR count). The lowest BCUT2D eigenvalue weighted by Gasteiger charge is -2.06. The number of thiophene rings is 1. The Bertz CT molecular complexity index is 1120. The van der Waals surface area contributed by atoms with Gasteiger partial charge in [0.05, 0.1) is 22.5 Å². The third-order valence-corrected chi connectivity index (χ3v) is 5.26. The van der Waals surface area contributed by atoms with Crippen LogP contribution in [0.2, 0.25) is 0 Å². The highest BCUT2D eigenvalue weighted by atomic mass is 32.1. The summed E-state index contributed by atoms with van der Waals surface area (Å²) in [7, 11) is 0. The molecule has 4 aromatic rings. The van der Waals surface area contributed by atoms with Crippen molar-refractivity contribution in [2.45, 2.75) is 13.8 Å². The van der Waals surface area contributed by atoms with Crippen LogP contribution in [-0.4, -0.2) is 21.0 Å². The van der Waals surface area contributed by atoms with Gasteiger partial charge in [0, 0.05) is 5.39 Å². The molecule has 0 aliphatic rings. The number of amides is 1. The molecule has 1 aromatic carbocycles. The lowest BCUT2D eigenvalue weighted by Crippen LogP contribution is -2.11. The molecule has 3 heterocycles. The summed E-state index contributed by atoms with van der Waals surface area (Å²) in [4.78, 5) is 23.0.